The van der Waals surface area contributed by atoms with E-state index in [1.165, 1.54) is 0 Å². The van der Waals surface area contributed by atoms with Gasteiger partial charge in [-0.15, -0.1) is 0 Å². The summed E-state index contributed by atoms with van der Waals surface area (Å²) in [5.74, 6) is 0. The molecule has 2 heteroatoms. The fraction of sp³-hybridized carbons (Fsp3) is 0.222. The normalized spacial score (nSPS) is 10.3. The van der Waals surface area contributed by atoms with E-state index < -0.39 is 0 Å². The topological polar surface area (TPSA) is 28.7 Å². The molecule has 0 atom stereocenters. The third-order valence-electron chi connectivity index (χ3n) is 1.51. The number of hydrogen-bond acceptors (Lipinski definition) is 1. The quantitative estimate of drug-likeness (QED) is 0.595. The number of nitrogens with zero attached hydrogens (tertiary/aromatic N) is 2. The number of aromatic nitrogens is 1. The van der Waals surface area contributed by atoms with Crippen molar-refractivity contribution >= 4 is 6.08 Å². The Hall–Kier alpha value is -1.49. The first-order valence-corrected chi connectivity index (χ1v) is 3.47. The highest BCUT2D eigenvalue weighted by atomic mass is 14.9. The highest BCUT2D eigenvalue weighted by molar-refractivity contribution is 5.49. The van der Waals surface area contributed by atoms with Crippen molar-refractivity contribution < 1.29 is 0 Å². The number of aryl methyl sites for hydroxylation is 1. The summed E-state index contributed by atoms with van der Waals surface area (Å²) in [6.45, 7) is 1.96. The third-order valence-corrected chi connectivity index (χ3v) is 1.51. The lowest BCUT2D eigenvalue weighted by atomic mass is 10.3. The van der Waals surface area contributed by atoms with E-state index in [0.29, 0.717) is 5.56 Å². The van der Waals surface area contributed by atoms with Crippen LogP contribution in [0.1, 0.15) is 18.2 Å². The standard InChI is InChI=1S/C9H10N2/c1-3-4-9-5-8(6-10)7-11(9)2/h3-5,7H,1-2H3/b4-3-. The maximum Gasteiger partial charge on any atom is 0.101 e. The van der Waals surface area contributed by atoms with E-state index in [-0.39, 0.29) is 0 Å². The zero-order valence-electron chi connectivity index (χ0n) is 6.70. The van der Waals surface area contributed by atoms with E-state index in [2.05, 4.69) is 6.07 Å². The van der Waals surface area contributed by atoms with Gasteiger partial charge in [0.15, 0.2) is 0 Å². The molecular formula is C9H10N2. The lowest BCUT2D eigenvalue weighted by Crippen LogP contribution is -1.85. The molecule has 0 saturated heterocycles. The van der Waals surface area contributed by atoms with Gasteiger partial charge in [0.1, 0.15) is 6.07 Å². The zero-order valence-corrected chi connectivity index (χ0v) is 6.70. The largest absolute Gasteiger partial charge is 0.350 e. The Morgan fingerprint density at radius 2 is 2.36 bits per heavy atom. The monoisotopic (exact) mass is 146 g/mol. The molecule has 0 unspecified atom stereocenters. The second kappa shape index (κ2) is 3.07. The van der Waals surface area contributed by atoms with Gasteiger partial charge in [0.05, 0.1) is 5.56 Å². The molecule has 0 aliphatic rings. The zero-order chi connectivity index (χ0) is 8.27. The van der Waals surface area contributed by atoms with Crippen molar-refractivity contribution in [3.05, 3.63) is 29.6 Å². The molecule has 11 heavy (non-hydrogen) atoms. The molecule has 0 saturated carbocycles. The molecule has 0 radical (unpaired) electrons. The average Bonchev–Trinajstić information content (AvgIpc) is 2.33. The fourth-order valence-electron chi connectivity index (χ4n) is 0.979. The van der Waals surface area contributed by atoms with Gasteiger partial charge in [0.2, 0.25) is 0 Å². The van der Waals surface area contributed by atoms with Gasteiger partial charge in [-0.3, -0.25) is 0 Å². The van der Waals surface area contributed by atoms with E-state index >= 15 is 0 Å². The number of nitriles is 1. The number of hydrogen-bond donors (Lipinski definition) is 0. The van der Waals surface area contributed by atoms with Crippen molar-refractivity contribution in [2.45, 2.75) is 6.92 Å². The Morgan fingerprint density at radius 1 is 1.64 bits per heavy atom. The minimum absolute atomic E-state index is 0.709. The van der Waals surface area contributed by atoms with Crippen molar-refractivity contribution in [2.24, 2.45) is 7.05 Å². The Morgan fingerprint density at radius 3 is 2.82 bits per heavy atom. The minimum Gasteiger partial charge on any atom is -0.350 e. The van der Waals surface area contributed by atoms with Crippen LogP contribution in [0.3, 0.4) is 0 Å². The third kappa shape index (κ3) is 1.50. The molecule has 1 aromatic rings. The Bertz CT molecular complexity index is 313. The maximum absolute atomic E-state index is 8.56. The summed E-state index contributed by atoms with van der Waals surface area (Å²) in [6, 6.07) is 3.95. The molecule has 0 fully saturated rings. The van der Waals surface area contributed by atoms with Crippen LogP contribution in [-0.4, -0.2) is 4.57 Å². The molecule has 0 aromatic carbocycles. The highest BCUT2D eigenvalue weighted by Gasteiger charge is 1.96. The van der Waals surface area contributed by atoms with Gasteiger partial charge < -0.3 is 4.57 Å². The predicted molar refractivity (Wildman–Crippen MR) is 44.8 cm³/mol. The van der Waals surface area contributed by atoms with E-state index in [1.54, 1.807) is 0 Å². The summed E-state index contributed by atoms with van der Waals surface area (Å²) in [6.07, 6.45) is 5.74. The molecule has 0 bridgehead atoms. The highest BCUT2D eigenvalue weighted by Crippen LogP contribution is 2.07. The van der Waals surface area contributed by atoms with Crippen molar-refractivity contribution in [1.82, 2.24) is 4.57 Å². The van der Waals surface area contributed by atoms with Gasteiger partial charge in [0, 0.05) is 18.9 Å². The first kappa shape index (κ1) is 7.62. The SMILES string of the molecule is C/C=C\c1cc(C#N)cn1C. The second-order valence-corrected chi connectivity index (χ2v) is 2.38. The van der Waals surface area contributed by atoms with Crippen LogP contribution in [0, 0.1) is 11.3 Å². The Labute approximate surface area is 66.4 Å². The van der Waals surface area contributed by atoms with Gasteiger partial charge >= 0.3 is 0 Å². The minimum atomic E-state index is 0.709. The summed E-state index contributed by atoms with van der Waals surface area (Å²) in [5, 5.41) is 8.56. The molecule has 2 nitrogen and oxygen atoms in total. The summed E-state index contributed by atoms with van der Waals surface area (Å²) < 4.78 is 1.93. The average molecular weight is 146 g/mol. The van der Waals surface area contributed by atoms with E-state index in [0.717, 1.165) is 5.69 Å². The summed E-state index contributed by atoms with van der Waals surface area (Å²) >= 11 is 0. The summed E-state index contributed by atoms with van der Waals surface area (Å²) in [4.78, 5) is 0. The molecule has 56 valence electrons. The molecule has 1 rings (SSSR count). The number of allylic oxidation sites excluding steroid dienone is 1. The molecule has 1 heterocycles. The number of rotatable bonds is 1. The van der Waals surface area contributed by atoms with Crippen molar-refractivity contribution in [2.75, 3.05) is 0 Å². The van der Waals surface area contributed by atoms with Gasteiger partial charge in [-0.1, -0.05) is 6.08 Å². The molecule has 1 aromatic heterocycles. The summed E-state index contributed by atoms with van der Waals surface area (Å²) in [7, 11) is 1.93. The predicted octanol–water partition coefficient (Wildman–Crippen LogP) is 1.93. The van der Waals surface area contributed by atoms with E-state index in [9.17, 15) is 0 Å². The molecule has 0 aliphatic carbocycles. The van der Waals surface area contributed by atoms with Crippen LogP contribution < -0.4 is 0 Å². The van der Waals surface area contributed by atoms with Crippen LogP contribution in [0.4, 0.5) is 0 Å². The smallest absolute Gasteiger partial charge is 0.101 e. The molecule has 0 aliphatic heterocycles. The molecular weight excluding hydrogens is 136 g/mol. The lowest BCUT2D eigenvalue weighted by Gasteiger charge is -1.92. The van der Waals surface area contributed by atoms with Crippen LogP contribution >= 0.6 is 0 Å². The van der Waals surface area contributed by atoms with E-state index in [1.807, 2.05) is 43.0 Å². The summed E-state index contributed by atoms with van der Waals surface area (Å²) in [5.41, 5.74) is 1.77. The van der Waals surface area contributed by atoms with Gasteiger partial charge in [0.25, 0.3) is 0 Å². The molecule has 0 spiro atoms. The Balaban J connectivity index is 3.09. The second-order valence-electron chi connectivity index (χ2n) is 2.38. The first-order chi connectivity index (χ1) is 5.27. The van der Waals surface area contributed by atoms with E-state index in [4.69, 9.17) is 5.26 Å². The first-order valence-electron chi connectivity index (χ1n) is 3.47. The maximum atomic E-state index is 8.56. The van der Waals surface area contributed by atoms with Gasteiger partial charge in [-0.2, -0.15) is 5.26 Å². The molecule has 0 amide bonds. The van der Waals surface area contributed by atoms with Crippen molar-refractivity contribution in [3.8, 4) is 6.07 Å². The van der Waals surface area contributed by atoms with Gasteiger partial charge in [-0.25, -0.2) is 0 Å². The van der Waals surface area contributed by atoms with Gasteiger partial charge in [-0.05, 0) is 19.1 Å². The van der Waals surface area contributed by atoms with Crippen molar-refractivity contribution in [1.29, 1.82) is 5.26 Å². The van der Waals surface area contributed by atoms with Crippen LogP contribution in [-0.2, 0) is 7.05 Å². The van der Waals surface area contributed by atoms with Crippen molar-refractivity contribution in [3.63, 3.8) is 0 Å². The fourth-order valence-corrected chi connectivity index (χ4v) is 0.979. The van der Waals surface area contributed by atoms with Crippen LogP contribution in [0.5, 0.6) is 0 Å². The van der Waals surface area contributed by atoms with Crippen LogP contribution in [0.25, 0.3) is 6.08 Å². The van der Waals surface area contributed by atoms with Crippen LogP contribution in [0.15, 0.2) is 18.3 Å². The lowest BCUT2D eigenvalue weighted by molar-refractivity contribution is 0.913. The Kier molecular flexibility index (Phi) is 2.12. The van der Waals surface area contributed by atoms with Crippen LogP contribution in [0.2, 0.25) is 0 Å². The molecule has 0 N–H and O–H groups in total.